The molecule has 0 aliphatic carbocycles. The fourth-order valence-electron chi connectivity index (χ4n) is 1.03. The molecular formula is C8H17F2NO. The van der Waals surface area contributed by atoms with Gasteiger partial charge in [0.05, 0.1) is 6.61 Å². The van der Waals surface area contributed by atoms with Gasteiger partial charge in [0.2, 0.25) is 0 Å². The van der Waals surface area contributed by atoms with E-state index in [0.717, 1.165) is 6.42 Å². The summed E-state index contributed by atoms with van der Waals surface area (Å²) in [4.78, 5) is 0. The average Bonchev–Trinajstić information content (AvgIpc) is 1.97. The molecule has 0 aliphatic rings. The van der Waals surface area contributed by atoms with Gasteiger partial charge in [-0.2, -0.15) is 8.78 Å². The van der Waals surface area contributed by atoms with Gasteiger partial charge in [-0.1, -0.05) is 13.8 Å². The lowest BCUT2D eigenvalue weighted by Crippen LogP contribution is -2.32. The first-order valence-corrected chi connectivity index (χ1v) is 4.13. The molecule has 74 valence electrons. The summed E-state index contributed by atoms with van der Waals surface area (Å²) in [5, 5.41) is 2.93. The summed E-state index contributed by atoms with van der Waals surface area (Å²) in [5.74, 6) is 0.490. The third-order valence-corrected chi connectivity index (χ3v) is 1.59. The highest BCUT2D eigenvalue weighted by molar-refractivity contribution is 4.65. The zero-order valence-electron chi connectivity index (χ0n) is 7.81. The largest absolute Gasteiger partial charge is 0.345 e. The molecule has 0 aromatic rings. The molecule has 0 rings (SSSR count). The van der Waals surface area contributed by atoms with Crippen LogP contribution in [0, 0.1) is 5.92 Å². The summed E-state index contributed by atoms with van der Waals surface area (Å²) in [6.45, 7) is 1.51. The molecule has 0 heterocycles. The number of rotatable bonds is 6. The molecule has 1 unspecified atom stereocenters. The maximum absolute atomic E-state index is 11.6. The van der Waals surface area contributed by atoms with E-state index in [1.807, 2.05) is 13.8 Å². The van der Waals surface area contributed by atoms with Gasteiger partial charge < -0.3 is 10.1 Å². The first kappa shape index (κ1) is 11.8. The fourth-order valence-corrected chi connectivity index (χ4v) is 1.03. The molecule has 0 radical (unpaired) electrons. The van der Waals surface area contributed by atoms with Gasteiger partial charge in [-0.15, -0.1) is 0 Å². The van der Waals surface area contributed by atoms with E-state index in [4.69, 9.17) is 0 Å². The third-order valence-electron chi connectivity index (χ3n) is 1.59. The van der Waals surface area contributed by atoms with Crippen molar-refractivity contribution in [3.63, 3.8) is 0 Å². The van der Waals surface area contributed by atoms with Crippen LogP contribution in [-0.2, 0) is 4.74 Å². The van der Waals surface area contributed by atoms with Gasteiger partial charge in [0.1, 0.15) is 0 Å². The van der Waals surface area contributed by atoms with Crippen molar-refractivity contribution in [2.24, 2.45) is 5.92 Å². The number of likely N-dealkylation sites (N-methyl/N-ethyl adjacent to an activating group) is 1. The number of ether oxygens (including phenoxy) is 1. The number of halogens is 2. The minimum Gasteiger partial charge on any atom is -0.321 e. The van der Waals surface area contributed by atoms with E-state index in [2.05, 4.69) is 10.1 Å². The predicted molar refractivity (Wildman–Crippen MR) is 44.3 cm³/mol. The molecule has 2 nitrogen and oxygen atoms in total. The van der Waals surface area contributed by atoms with Crippen molar-refractivity contribution in [3.05, 3.63) is 0 Å². The number of nitrogens with one attached hydrogen (secondary N) is 1. The van der Waals surface area contributed by atoms with Gasteiger partial charge in [0.25, 0.3) is 0 Å². The van der Waals surface area contributed by atoms with E-state index in [-0.39, 0.29) is 12.6 Å². The Morgan fingerprint density at radius 2 is 1.92 bits per heavy atom. The summed E-state index contributed by atoms with van der Waals surface area (Å²) in [5.41, 5.74) is 0. The van der Waals surface area contributed by atoms with Crippen molar-refractivity contribution in [1.29, 1.82) is 0 Å². The van der Waals surface area contributed by atoms with Gasteiger partial charge in [-0.25, -0.2) is 0 Å². The Hall–Kier alpha value is -0.220. The molecule has 0 aromatic heterocycles. The lowest BCUT2D eigenvalue weighted by atomic mass is 10.0. The standard InChI is InChI=1S/C8H17F2NO/c1-6(2)4-7(11-3)5-12-8(9)10/h6-8,11H,4-5H2,1-3H3. The Bertz CT molecular complexity index is 109. The lowest BCUT2D eigenvalue weighted by Gasteiger charge is -2.17. The van der Waals surface area contributed by atoms with Crippen molar-refractivity contribution < 1.29 is 13.5 Å². The third kappa shape index (κ3) is 6.49. The Morgan fingerprint density at radius 1 is 1.33 bits per heavy atom. The Labute approximate surface area is 72.3 Å². The predicted octanol–water partition coefficient (Wildman–Crippen LogP) is 1.86. The molecule has 0 fully saturated rings. The van der Waals surface area contributed by atoms with Gasteiger partial charge in [0.15, 0.2) is 0 Å². The van der Waals surface area contributed by atoms with Crippen molar-refractivity contribution in [2.75, 3.05) is 13.7 Å². The molecule has 0 aliphatic heterocycles. The molecule has 4 heteroatoms. The normalized spacial score (nSPS) is 14.2. The van der Waals surface area contributed by atoms with E-state index in [9.17, 15) is 8.78 Å². The van der Waals surface area contributed by atoms with Crippen molar-refractivity contribution in [2.45, 2.75) is 32.9 Å². The molecule has 0 saturated heterocycles. The van der Waals surface area contributed by atoms with Gasteiger partial charge in [-0.05, 0) is 19.4 Å². The molecule has 0 spiro atoms. The van der Waals surface area contributed by atoms with Crippen LogP contribution in [0.25, 0.3) is 0 Å². The Morgan fingerprint density at radius 3 is 2.25 bits per heavy atom. The molecule has 0 saturated carbocycles. The minimum atomic E-state index is -2.66. The van der Waals surface area contributed by atoms with Crippen LogP contribution in [0.2, 0.25) is 0 Å². The number of alkyl halides is 2. The summed E-state index contributed by atoms with van der Waals surface area (Å²) in [6, 6.07) is 0.0269. The van der Waals surface area contributed by atoms with Crippen LogP contribution in [0.5, 0.6) is 0 Å². The van der Waals surface area contributed by atoms with Crippen LogP contribution in [0.3, 0.4) is 0 Å². The topological polar surface area (TPSA) is 21.3 Å². The molecule has 1 atom stereocenters. The van der Waals surface area contributed by atoms with E-state index < -0.39 is 6.61 Å². The van der Waals surface area contributed by atoms with Crippen molar-refractivity contribution in [1.82, 2.24) is 5.32 Å². The smallest absolute Gasteiger partial charge is 0.321 e. The van der Waals surface area contributed by atoms with E-state index >= 15 is 0 Å². The molecule has 1 N–H and O–H groups in total. The summed E-state index contributed by atoms with van der Waals surface area (Å²) >= 11 is 0. The van der Waals surface area contributed by atoms with E-state index in [0.29, 0.717) is 5.92 Å². The van der Waals surface area contributed by atoms with E-state index in [1.165, 1.54) is 0 Å². The minimum absolute atomic E-state index is 0.0269. The molecule has 0 amide bonds. The highest BCUT2D eigenvalue weighted by Crippen LogP contribution is 2.06. The van der Waals surface area contributed by atoms with Crippen molar-refractivity contribution >= 4 is 0 Å². The highest BCUT2D eigenvalue weighted by Gasteiger charge is 2.11. The van der Waals surface area contributed by atoms with Crippen LogP contribution in [0.1, 0.15) is 20.3 Å². The van der Waals surface area contributed by atoms with Crippen LogP contribution in [-0.4, -0.2) is 26.3 Å². The summed E-state index contributed by atoms with van der Waals surface area (Å²) in [7, 11) is 1.75. The SMILES string of the molecule is CNC(COC(F)F)CC(C)C. The quantitative estimate of drug-likeness (QED) is 0.675. The summed E-state index contributed by atoms with van der Waals surface area (Å²) in [6.07, 6.45) is 0.850. The van der Waals surface area contributed by atoms with Crippen LogP contribution < -0.4 is 5.32 Å². The zero-order chi connectivity index (χ0) is 9.56. The first-order valence-electron chi connectivity index (χ1n) is 4.13. The monoisotopic (exact) mass is 181 g/mol. The fraction of sp³-hybridized carbons (Fsp3) is 1.00. The molecular weight excluding hydrogens is 164 g/mol. The van der Waals surface area contributed by atoms with Gasteiger partial charge in [0, 0.05) is 6.04 Å². The van der Waals surface area contributed by atoms with Crippen LogP contribution in [0.15, 0.2) is 0 Å². The zero-order valence-corrected chi connectivity index (χ0v) is 7.81. The molecule has 0 bridgehead atoms. The maximum atomic E-state index is 11.6. The summed E-state index contributed by atoms with van der Waals surface area (Å²) < 4.78 is 27.4. The average molecular weight is 181 g/mol. The van der Waals surface area contributed by atoms with E-state index in [1.54, 1.807) is 7.05 Å². The van der Waals surface area contributed by atoms with Gasteiger partial charge in [-0.3, -0.25) is 0 Å². The molecule has 0 aromatic carbocycles. The lowest BCUT2D eigenvalue weighted by molar-refractivity contribution is -0.134. The number of hydrogen-bond acceptors (Lipinski definition) is 2. The first-order chi connectivity index (χ1) is 5.56. The van der Waals surface area contributed by atoms with Gasteiger partial charge >= 0.3 is 6.61 Å². The second-order valence-electron chi connectivity index (χ2n) is 3.21. The maximum Gasteiger partial charge on any atom is 0.345 e. The van der Waals surface area contributed by atoms with Crippen LogP contribution in [0.4, 0.5) is 8.78 Å². The second-order valence-corrected chi connectivity index (χ2v) is 3.21. The Balaban J connectivity index is 3.53. The Kier molecular flexibility index (Phi) is 6.20. The molecule has 12 heavy (non-hydrogen) atoms. The second kappa shape index (κ2) is 6.31. The highest BCUT2D eigenvalue weighted by atomic mass is 19.3. The van der Waals surface area contributed by atoms with Crippen LogP contribution >= 0.6 is 0 Å². The number of hydrogen-bond donors (Lipinski definition) is 1. The van der Waals surface area contributed by atoms with Crippen molar-refractivity contribution in [3.8, 4) is 0 Å².